The Morgan fingerprint density at radius 1 is 1.05 bits per heavy atom. The maximum Gasteiger partial charge on any atom is 0.226 e. The van der Waals surface area contributed by atoms with Gasteiger partial charge in [0.25, 0.3) is 0 Å². The smallest absolute Gasteiger partial charge is 0.226 e. The van der Waals surface area contributed by atoms with Gasteiger partial charge in [-0.2, -0.15) is 4.98 Å². The van der Waals surface area contributed by atoms with Crippen molar-refractivity contribution in [1.82, 2.24) is 19.9 Å². The summed E-state index contributed by atoms with van der Waals surface area (Å²) in [4.78, 5) is 15.7. The predicted molar refractivity (Wildman–Crippen MR) is 86.5 cm³/mol. The van der Waals surface area contributed by atoms with Crippen LogP contribution >= 0.6 is 0 Å². The fraction of sp³-hybridized carbons (Fsp3) is 0.471. The highest BCUT2D eigenvalue weighted by molar-refractivity contribution is 5.55. The van der Waals surface area contributed by atoms with E-state index in [-0.39, 0.29) is 0 Å². The first-order valence-electron chi connectivity index (χ1n) is 8.02. The topological polar surface area (TPSA) is 53.9 Å². The largest absolute Gasteiger partial charge is 0.351 e. The van der Waals surface area contributed by atoms with Gasteiger partial charge >= 0.3 is 0 Å². The maximum absolute atomic E-state index is 4.58. The van der Waals surface area contributed by atoms with Crippen molar-refractivity contribution in [3.63, 3.8) is 0 Å². The molecule has 22 heavy (non-hydrogen) atoms. The van der Waals surface area contributed by atoms with Crippen molar-refractivity contribution in [2.24, 2.45) is 0 Å². The van der Waals surface area contributed by atoms with Crippen LogP contribution in [-0.2, 0) is 0 Å². The van der Waals surface area contributed by atoms with Crippen LogP contribution in [0.1, 0.15) is 25.7 Å². The Morgan fingerprint density at radius 2 is 1.77 bits per heavy atom. The minimum Gasteiger partial charge on any atom is -0.351 e. The Labute approximate surface area is 130 Å². The van der Waals surface area contributed by atoms with E-state index in [1.165, 1.54) is 25.7 Å². The minimum absolute atomic E-state index is 0.472. The van der Waals surface area contributed by atoms with Gasteiger partial charge in [-0.3, -0.25) is 0 Å². The molecule has 2 atom stereocenters. The lowest BCUT2D eigenvalue weighted by Crippen LogP contribution is -2.44. The summed E-state index contributed by atoms with van der Waals surface area (Å²) >= 11 is 0. The highest BCUT2D eigenvalue weighted by Gasteiger charge is 2.38. The summed E-state index contributed by atoms with van der Waals surface area (Å²) in [5.41, 5.74) is 1.02. The molecular formula is C17H21N5. The van der Waals surface area contributed by atoms with E-state index < -0.39 is 0 Å². The lowest BCUT2D eigenvalue weighted by atomic mass is 9.98. The molecule has 2 saturated heterocycles. The molecule has 5 nitrogen and oxygen atoms in total. The van der Waals surface area contributed by atoms with Gasteiger partial charge in [-0.1, -0.05) is 30.3 Å². The van der Waals surface area contributed by atoms with E-state index in [0.29, 0.717) is 24.1 Å². The Morgan fingerprint density at radius 3 is 2.50 bits per heavy atom. The van der Waals surface area contributed by atoms with Gasteiger partial charge in [-0.25, -0.2) is 9.97 Å². The third kappa shape index (κ3) is 2.57. The van der Waals surface area contributed by atoms with Gasteiger partial charge in [0, 0.05) is 23.7 Å². The monoisotopic (exact) mass is 295 g/mol. The van der Waals surface area contributed by atoms with Gasteiger partial charge in [-0.05, 0) is 32.7 Å². The van der Waals surface area contributed by atoms with Gasteiger partial charge in [0.1, 0.15) is 6.33 Å². The van der Waals surface area contributed by atoms with Crippen molar-refractivity contribution in [1.29, 1.82) is 0 Å². The van der Waals surface area contributed by atoms with Crippen molar-refractivity contribution in [2.75, 3.05) is 12.4 Å². The van der Waals surface area contributed by atoms with Crippen LogP contribution in [0.4, 0.5) is 5.95 Å². The van der Waals surface area contributed by atoms with Crippen LogP contribution in [0, 0.1) is 0 Å². The quantitative estimate of drug-likeness (QED) is 0.943. The molecule has 2 bridgehead atoms. The normalized spacial score (nSPS) is 27.8. The van der Waals surface area contributed by atoms with Gasteiger partial charge in [0.2, 0.25) is 5.95 Å². The zero-order valence-electron chi connectivity index (χ0n) is 12.8. The van der Waals surface area contributed by atoms with Crippen molar-refractivity contribution < 1.29 is 0 Å². The summed E-state index contributed by atoms with van der Waals surface area (Å²) in [5, 5.41) is 3.52. The van der Waals surface area contributed by atoms with E-state index in [4.69, 9.17) is 0 Å². The standard InChI is InChI=1S/C17H21N5/c1-22-14-7-8-15(22)10-13(9-14)20-17-19-11-18-16(21-17)12-5-3-2-4-6-12/h2-6,11,13-15H,7-10H2,1H3,(H,18,19,20,21). The van der Waals surface area contributed by atoms with E-state index in [1.54, 1.807) is 6.33 Å². The maximum atomic E-state index is 4.58. The molecule has 4 rings (SSSR count). The second kappa shape index (κ2) is 5.65. The lowest BCUT2D eigenvalue weighted by molar-refractivity contribution is 0.168. The minimum atomic E-state index is 0.472. The molecule has 0 amide bonds. The number of hydrogen-bond donors (Lipinski definition) is 1. The summed E-state index contributed by atoms with van der Waals surface area (Å²) in [5.74, 6) is 1.43. The average Bonchev–Trinajstić information content (AvgIpc) is 2.77. The van der Waals surface area contributed by atoms with Crippen LogP contribution in [0.5, 0.6) is 0 Å². The van der Waals surface area contributed by atoms with Crippen LogP contribution in [-0.4, -0.2) is 45.0 Å². The average molecular weight is 295 g/mol. The number of aromatic nitrogens is 3. The summed E-state index contributed by atoms with van der Waals surface area (Å²) in [6.07, 6.45) is 6.61. The van der Waals surface area contributed by atoms with Crippen molar-refractivity contribution >= 4 is 5.95 Å². The molecular weight excluding hydrogens is 274 g/mol. The summed E-state index contributed by atoms with van der Waals surface area (Å²) < 4.78 is 0. The lowest BCUT2D eigenvalue weighted by Gasteiger charge is -2.36. The van der Waals surface area contributed by atoms with Crippen LogP contribution < -0.4 is 5.32 Å². The fourth-order valence-electron chi connectivity index (χ4n) is 3.80. The Bertz CT molecular complexity index is 631. The number of fused-ring (bicyclic) bond motifs is 2. The molecule has 2 unspecified atom stereocenters. The van der Waals surface area contributed by atoms with Gasteiger partial charge < -0.3 is 10.2 Å². The summed E-state index contributed by atoms with van der Waals surface area (Å²) in [6, 6.07) is 11.9. The second-order valence-electron chi connectivity index (χ2n) is 6.36. The molecule has 5 heteroatoms. The first kappa shape index (κ1) is 13.6. The van der Waals surface area contributed by atoms with Gasteiger partial charge in [0.05, 0.1) is 0 Å². The third-order valence-corrected chi connectivity index (χ3v) is 5.04. The van der Waals surface area contributed by atoms with Crippen LogP contribution in [0.25, 0.3) is 11.4 Å². The molecule has 1 aromatic carbocycles. The van der Waals surface area contributed by atoms with Crippen molar-refractivity contribution in [2.45, 2.75) is 43.8 Å². The molecule has 0 radical (unpaired) electrons. The van der Waals surface area contributed by atoms with Gasteiger partial charge in [0.15, 0.2) is 5.82 Å². The molecule has 3 heterocycles. The first-order valence-corrected chi connectivity index (χ1v) is 8.02. The molecule has 1 aromatic heterocycles. The van der Waals surface area contributed by atoms with E-state index in [9.17, 15) is 0 Å². The molecule has 114 valence electrons. The Balaban J connectivity index is 1.50. The van der Waals surface area contributed by atoms with E-state index in [1.807, 2.05) is 30.3 Å². The molecule has 2 aliphatic rings. The first-order chi connectivity index (χ1) is 10.8. The van der Waals surface area contributed by atoms with Crippen molar-refractivity contribution in [3.05, 3.63) is 36.7 Å². The molecule has 2 aromatic rings. The second-order valence-corrected chi connectivity index (χ2v) is 6.36. The SMILES string of the molecule is CN1C2CCC1CC(Nc1ncnc(-c3ccccc3)n1)C2. The fourth-order valence-corrected chi connectivity index (χ4v) is 3.80. The molecule has 1 N–H and O–H groups in total. The summed E-state index contributed by atoms with van der Waals surface area (Å²) in [7, 11) is 2.26. The zero-order valence-corrected chi connectivity index (χ0v) is 12.8. The summed E-state index contributed by atoms with van der Waals surface area (Å²) in [6.45, 7) is 0. The van der Waals surface area contributed by atoms with Crippen LogP contribution in [0.2, 0.25) is 0 Å². The molecule has 0 aliphatic carbocycles. The molecule has 2 aliphatic heterocycles. The number of benzene rings is 1. The van der Waals surface area contributed by atoms with Crippen LogP contribution in [0.3, 0.4) is 0 Å². The molecule has 0 spiro atoms. The van der Waals surface area contributed by atoms with Crippen LogP contribution in [0.15, 0.2) is 36.7 Å². The Hall–Kier alpha value is -2.01. The van der Waals surface area contributed by atoms with Crippen molar-refractivity contribution in [3.8, 4) is 11.4 Å². The highest BCUT2D eigenvalue weighted by atomic mass is 15.2. The number of piperidine rings is 1. The third-order valence-electron chi connectivity index (χ3n) is 5.04. The Kier molecular flexibility index (Phi) is 3.50. The zero-order chi connectivity index (χ0) is 14.9. The van der Waals surface area contributed by atoms with E-state index >= 15 is 0 Å². The predicted octanol–water partition coefficient (Wildman–Crippen LogP) is 2.58. The highest BCUT2D eigenvalue weighted by Crippen LogP contribution is 2.35. The number of nitrogens with zero attached hydrogens (tertiary/aromatic N) is 4. The van der Waals surface area contributed by atoms with E-state index in [0.717, 1.165) is 11.4 Å². The van der Waals surface area contributed by atoms with Gasteiger partial charge in [-0.15, -0.1) is 0 Å². The van der Waals surface area contributed by atoms with E-state index in [2.05, 4.69) is 32.2 Å². The molecule has 0 saturated carbocycles. The number of nitrogens with one attached hydrogen (secondary N) is 1. The number of hydrogen-bond acceptors (Lipinski definition) is 5. The number of rotatable bonds is 3. The number of anilines is 1. The molecule has 2 fully saturated rings.